The minimum atomic E-state index is -3.39. The van der Waals surface area contributed by atoms with Crippen molar-refractivity contribution in [2.24, 2.45) is 0 Å². The summed E-state index contributed by atoms with van der Waals surface area (Å²) >= 11 is 0.944. The van der Waals surface area contributed by atoms with Gasteiger partial charge in [0.15, 0.2) is 0 Å². The Balaban J connectivity index is 3.18. The predicted molar refractivity (Wildman–Crippen MR) is 66.6 cm³/mol. The van der Waals surface area contributed by atoms with Crippen molar-refractivity contribution in [2.75, 3.05) is 0 Å². The summed E-state index contributed by atoms with van der Waals surface area (Å²) in [6.07, 6.45) is 0. The van der Waals surface area contributed by atoms with Crippen molar-refractivity contribution in [3.8, 4) is 0 Å². The Kier molecular flexibility index (Phi) is 4.15. The van der Waals surface area contributed by atoms with Gasteiger partial charge >= 0.3 is 113 Å². The van der Waals surface area contributed by atoms with E-state index in [9.17, 15) is 8.42 Å². The normalized spacial score (nSPS) is 12.8. The quantitative estimate of drug-likeness (QED) is 0.701. The maximum atomic E-state index is 12.1. The molecule has 88 valence electrons. The molecule has 1 aromatic rings. The zero-order chi connectivity index (χ0) is 12.6. The Labute approximate surface area is 113 Å². The van der Waals surface area contributed by atoms with Gasteiger partial charge in [-0.1, -0.05) is 0 Å². The molecule has 1 rings (SSSR count). The topological polar surface area (TPSA) is 46.2 Å². The van der Waals surface area contributed by atoms with E-state index in [0.29, 0.717) is 4.90 Å². The summed E-state index contributed by atoms with van der Waals surface area (Å²) in [7, 11) is -3.39. The summed E-state index contributed by atoms with van der Waals surface area (Å²) in [5.74, 6) is 0. The summed E-state index contributed by atoms with van der Waals surface area (Å²) in [5, 5.41) is 0. The zero-order valence-electron chi connectivity index (χ0n) is 9.90. The number of rotatable bonds is 2. The van der Waals surface area contributed by atoms with Gasteiger partial charge in [-0.3, -0.25) is 0 Å². The molecular weight excluding hydrogens is 419 g/mol. The van der Waals surface area contributed by atoms with E-state index in [4.69, 9.17) is 0 Å². The molecule has 0 amide bonds. The molecule has 0 aromatic heterocycles. The van der Waals surface area contributed by atoms with E-state index in [2.05, 4.69) is 4.72 Å². The monoisotopic (exact) mass is 435 g/mol. The van der Waals surface area contributed by atoms with Crippen molar-refractivity contribution in [1.82, 2.24) is 4.72 Å². The second kappa shape index (κ2) is 4.71. The van der Waals surface area contributed by atoms with Gasteiger partial charge in [0.25, 0.3) is 0 Å². The van der Waals surface area contributed by atoms with Crippen molar-refractivity contribution in [3.05, 3.63) is 23.8 Å². The molecule has 0 aliphatic heterocycles. The van der Waals surface area contributed by atoms with Crippen LogP contribution in [0.25, 0.3) is 0 Å². The van der Waals surface area contributed by atoms with E-state index in [1.54, 1.807) is 6.07 Å². The number of sulfonamides is 1. The minimum absolute atomic E-state index is 0.404. The molecule has 1 aromatic carbocycles. The second-order valence-corrected chi connectivity index (χ2v) is 8.35. The van der Waals surface area contributed by atoms with Crippen molar-refractivity contribution < 1.29 is 8.42 Å². The third-order valence-corrected chi connectivity index (χ3v) is 5.72. The molecule has 0 heterocycles. The fourth-order valence-electron chi connectivity index (χ4n) is 1.31. The molecule has 2 radical (unpaired) electrons. The molecule has 16 heavy (non-hydrogen) atoms. The molecule has 0 bridgehead atoms. The van der Waals surface area contributed by atoms with Crippen LogP contribution in [0.1, 0.15) is 26.3 Å². The van der Waals surface area contributed by atoms with E-state index in [1.807, 2.05) is 39.8 Å². The van der Waals surface area contributed by atoms with E-state index < -0.39 is 15.6 Å². The summed E-state index contributed by atoms with van der Waals surface area (Å²) in [6.45, 7) is 7.47. The first-order valence-corrected chi connectivity index (χ1v) is 8.17. The Bertz CT molecular complexity index is 489. The summed E-state index contributed by atoms with van der Waals surface area (Å²) in [5.41, 5.74) is 0.640. The third kappa shape index (κ3) is 3.79. The van der Waals surface area contributed by atoms with Crippen molar-refractivity contribution >= 4 is 38.0 Å². The summed E-state index contributed by atoms with van der Waals surface area (Å²) in [6, 6.07) is 5.43. The van der Waals surface area contributed by atoms with Crippen LogP contribution < -0.4 is 7.99 Å². The molecule has 0 aliphatic carbocycles. The number of hydrogen-bond donors (Lipinski definition) is 1. The van der Waals surface area contributed by atoms with Crippen molar-refractivity contribution in [2.45, 2.75) is 38.1 Å². The second-order valence-electron chi connectivity index (χ2n) is 4.83. The van der Waals surface area contributed by atoms with Crippen LogP contribution in [-0.4, -0.2) is 38.7 Å². The predicted octanol–water partition coefficient (Wildman–Crippen LogP) is 0.866. The number of nitrogens with one attached hydrogen (secondary N) is 1. The van der Waals surface area contributed by atoms with Crippen LogP contribution in [-0.2, 0) is 10.0 Å². The van der Waals surface area contributed by atoms with Gasteiger partial charge in [-0.2, -0.15) is 0 Å². The average Bonchev–Trinajstić information content (AvgIpc) is 1.97. The van der Waals surface area contributed by atoms with Crippen molar-refractivity contribution in [3.63, 3.8) is 0 Å². The van der Waals surface area contributed by atoms with Crippen LogP contribution in [0.3, 0.4) is 0 Å². The molecule has 0 aliphatic rings. The summed E-state index contributed by atoms with van der Waals surface area (Å²) in [4.78, 5) is 0.404. The van der Waals surface area contributed by atoms with Gasteiger partial charge in [-0.05, 0) is 0 Å². The molecule has 0 atom stereocenters. The van der Waals surface area contributed by atoms with E-state index in [0.717, 1.165) is 33.6 Å². The fraction of sp³-hybridized carbons (Fsp3) is 0.455. The third-order valence-electron chi connectivity index (χ3n) is 1.84. The van der Waals surface area contributed by atoms with Gasteiger partial charge in [-0.15, -0.1) is 0 Å². The van der Waals surface area contributed by atoms with Gasteiger partial charge in [0, 0.05) is 0 Å². The maximum absolute atomic E-state index is 12.1. The Morgan fingerprint density at radius 3 is 2.25 bits per heavy atom. The van der Waals surface area contributed by atoms with Gasteiger partial charge in [-0.25, -0.2) is 0 Å². The van der Waals surface area contributed by atoms with Gasteiger partial charge in [0.05, 0.1) is 0 Å². The van der Waals surface area contributed by atoms with Crippen LogP contribution in [0.2, 0.25) is 0 Å². The first kappa shape index (κ1) is 14.1. The Morgan fingerprint density at radius 1 is 1.25 bits per heavy atom. The van der Waals surface area contributed by atoms with Gasteiger partial charge < -0.3 is 0 Å². The van der Waals surface area contributed by atoms with Crippen LogP contribution >= 0.6 is 0 Å². The van der Waals surface area contributed by atoms with Crippen LogP contribution in [0.15, 0.2) is 23.1 Å². The zero-order valence-corrected chi connectivity index (χ0v) is 14.2. The Hall–Kier alpha value is 0.0131. The standard InChI is InChI=1S/C11H16NO2S.Bi/c1-9-5-7-10(8-6-9)15(13,14)12-11(2,3)4;/h5-7,12H,1-4H3;. The molecule has 0 fully saturated rings. The van der Waals surface area contributed by atoms with E-state index >= 15 is 0 Å². The molecule has 0 saturated carbocycles. The molecule has 3 nitrogen and oxygen atoms in total. The first-order valence-electron chi connectivity index (χ1n) is 4.95. The molecule has 0 spiro atoms. The molecule has 0 unspecified atom stereocenters. The molecular formula is C11H16BiNO2S. The van der Waals surface area contributed by atoms with Crippen LogP contribution in [0, 0.1) is 6.92 Å². The number of aryl methyl sites for hydroxylation is 1. The average molecular weight is 435 g/mol. The van der Waals surface area contributed by atoms with Gasteiger partial charge in [0.2, 0.25) is 0 Å². The number of benzene rings is 1. The van der Waals surface area contributed by atoms with Gasteiger partial charge in [0.1, 0.15) is 0 Å². The molecule has 1 N–H and O–H groups in total. The Morgan fingerprint density at radius 2 is 1.81 bits per heavy atom. The van der Waals surface area contributed by atoms with E-state index in [-0.39, 0.29) is 0 Å². The van der Waals surface area contributed by atoms with Crippen LogP contribution in [0.4, 0.5) is 0 Å². The molecule has 5 heteroatoms. The first-order chi connectivity index (χ1) is 7.12. The molecule has 0 saturated heterocycles. The summed E-state index contributed by atoms with van der Waals surface area (Å²) < 4.78 is 27.7. The SMILES string of the molecule is Cc1ccc(S(=O)(=O)NC(C)(C)C)[c]([Bi])c1. The fourth-order valence-corrected chi connectivity index (χ4v) is 5.29. The number of hydrogen-bond acceptors (Lipinski definition) is 2. The van der Waals surface area contributed by atoms with Crippen LogP contribution in [0.5, 0.6) is 0 Å². The van der Waals surface area contributed by atoms with E-state index in [1.165, 1.54) is 0 Å². The van der Waals surface area contributed by atoms with Crippen molar-refractivity contribution in [1.29, 1.82) is 0 Å².